The molecule has 33 heteroatoms. The molecule has 2 rings (SSSR count). The van der Waals surface area contributed by atoms with Gasteiger partial charge in [-0.3, -0.25) is 9.59 Å². The second-order valence-electron chi connectivity index (χ2n) is 17.2. The second-order valence-corrected chi connectivity index (χ2v) is 17.2. The zero-order chi connectivity index (χ0) is 59.4. The minimum atomic E-state index is -1.85. The monoisotopic (exact) mass is 1150 g/mol. The Hall–Kier alpha value is -6.84. The van der Waals surface area contributed by atoms with E-state index in [1.807, 2.05) is 0 Å². The summed E-state index contributed by atoms with van der Waals surface area (Å²) in [5.41, 5.74) is 22.1. The number of alkyl carbamates (subject to hydrolysis) is 2. The molecular formula is C47H78N10O23. The summed E-state index contributed by atoms with van der Waals surface area (Å²) in [5, 5.41) is 67.2. The van der Waals surface area contributed by atoms with Gasteiger partial charge in [0.15, 0.2) is 30.2 Å². The zero-order valence-electron chi connectivity index (χ0n) is 44.6. The fourth-order valence-electron chi connectivity index (χ4n) is 7.37. The minimum absolute atomic E-state index is 0.0111. The van der Waals surface area contributed by atoms with Crippen LogP contribution in [0.3, 0.4) is 0 Å². The number of carboxylic acids is 2. The molecule has 0 spiro atoms. The predicted octanol–water partition coefficient (Wildman–Crippen LogP) is -5.99. The van der Waals surface area contributed by atoms with Gasteiger partial charge in [-0.2, -0.15) is 0 Å². The van der Waals surface area contributed by atoms with Gasteiger partial charge in [-0.15, -0.1) is 6.42 Å². The van der Waals surface area contributed by atoms with Crippen LogP contribution in [0.2, 0.25) is 0 Å². The maximum Gasteiger partial charge on any atom is 0.407 e. The van der Waals surface area contributed by atoms with Gasteiger partial charge in [-0.1, -0.05) is 12.8 Å². The van der Waals surface area contributed by atoms with E-state index in [1.54, 1.807) is 6.92 Å². The van der Waals surface area contributed by atoms with Crippen molar-refractivity contribution < 1.29 is 112 Å². The van der Waals surface area contributed by atoms with Crippen LogP contribution in [-0.4, -0.2) is 270 Å². The number of terminal acetylenes is 1. The van der Waals surface area contributed by atoms with Gasteiger partial charge in [-0.05, 0) is 12.2 Å². The van der Waals surface area contributed by atoms with Crippen molar-refractivity contribution in [2.24, 2.45) is 38.8 Å². The molecule has 0 bridgehead atoms. The number of hydrogen-bond donors (Lipinski definition) is 13. The van der Waals surface area contributed by atoms with Crippen LogP contribution in [0, 0.1) is 18.3 Å². The standard InChI is InChI=1S/C47H78N10O23/c1-4-10-70-16-20-75-22-23-76-21-17-71-11-5-36(63)57(8-14-72-12-6-52-47(69)80-40(33(62)27-59)41-37(54-29(3)60)31(56-45(50)51)25-35(78-41)43(66)67)9-15-74-19-18-73-13-7-53-46(68)79-39(32(61)26-58)38-28(2)30(55-44(48)49)24-34(77-38)42(64)65/h1,24-25,28,30-33,37-41,58-59,61-62H,5-23,26-27H2,2-3H3,(H,52,69)(H,53,68)(H,54,60)(H,64,65)(H,66,67)(H4,48,49,55)(H4,50,51,56)/t28-,30+,31+,32-,33-,37-,38-,39-,40-,41-/m1/s1. The van der Waals surface area contributed by atoms with Crippen LogP contribution < -0.4 is 38.9 Å². The van der Waals surface area contributed by atoms with E-state index in [0.29, 0.717) is 26.4 Å². The zero-order valence-corrected chi connectivity index (χ0v) is 44.6. The van der Waals surface area contributed by atoms with E-state index in [0.717, 1.165) is 19.1 Å². The van der Waals surface area contributed by atoms with E-state index in [-0.39, 0.29) is 111 Å². The summed E-state index contributed by atoms with van der Waals surface area (Å²) in [4.78, 5) is 84.2. The minimum Gasteiger partial charge on any atom is -0.479 e. The second kappa shape index (κ2) is 39.5. The van der Waals surface area contributed by atoms with Gasteiger partial charge >= 0.3 is 24.1 Å². The number of carbonyl (C=O) groups is 6. The molecule has 33 nitrogen and oxygen atoms in total. The molecule has 0 saturated carbocycles. The number of rotatable bonds is 41. The van der Waals surface area contributed by atoms with Gasteiger partial charge in [0, 0.05) is 39.0 Å². The van der Waals surface area contributed by atoms with Gasteiger partial charge in [0.05, 0.1) is 124 Å². The summed E-state index contributed by atoms with van der Waals surface area (Å²) in [7, 11) is 0. The molecule has 4 amide bonds. The van der Waals surface area contributed by atoms with E-state index in [2.05, 4.69) is 31.9 Å². The number of nitrogens with one attached hydrogen (secondary N) is 3. The number of aliphatic imine (C=N–C) groups is 2. The molecule has 17 N–H and O–H groups in total. The first-order valence-corrected chi connectivity index (χ1v) is 25.1. The quantitative estimate of drug-likeness (QED) is 0.0117. The first-order chi connectivity index (χ1) is 38.2. The van der Waals surface area contributed by atoms with Crippen molar-refractivity contribution in [3.63, 3.8) is 0 Å². The Morgan fingerprint density at radius 1 is 0.650 bits per heavy atom. The van der Waals surface area contributed by atoms with Crippen molar-refractivity contribution in [2.45, 2.75) is 75.0 Å². The summed E-state index contributed by atoms with van der Waals surface area (Å²) in [6, 6.07) is -3.47. The summed E-state index contributed by atoms with van der Waals surface area (Å²) >= 11 is 0. The highest BCUT2D eigenvalue weighted by atomic mass is 16.6. The third-order valence-corrected chi connectivity index (χ3v) is 11.1. The van der Waals surface area contributed by atoms with Crippen LogP contribution in [-0.2, 0) is 71.3 Å². The average molecular weight is 1150 g/mol. The average Bonchev–Trinajstić information content (AvgIpc) is 3.40. The van der Waals surface area contributed by atoms with E-state index in [9.17, 15) is 59.4 Å². The van der Waals surface area contributed by atoms with Crippen LogP contribution in [0.1, 0.15) is 20.3 Å². The predicted molar refractivity (Wildman–Crippen MR) is 276 cm³/mol. The van der Waals surface area contributed by atoms with Gasteiger partial charge in [0.2, 0.25) is 23.3 Å². The smallest absolute Gasteiger partial charge is 0.407 e. The normalized spacial score (nSPS) is 20.0. The van der Waals surface area contributed by atoms with Gasteiger partial charge in [-0.25, -0.2) is 29.2 Å². The van der Waals surface area contributed by atoms with Crippen molar-refractivity contribution >= 4 is 47.9 Å². The number of aliphatic hydroxyl groups excluding tert-OH is 4. The molecule has 2 aliphatic heterocycles. The van der Waals surface area contributed by atoms with Gasteiger partial charge < -0.3 is 127 Å². The molecular weight excluding hydrogens is 1070 g/mol. The highest BCUT2D eigenvalue weighted by Gasteiger charge is 2.47. The van der Waals surface area contributed by atoms with E-state index >= 15 is 0 Å². The van der Waals surface area contributed by atoms with Crippen molar-refractivity contribution in [3.05, 3.63) is 23.7 Å². The number of amides is 4. The highest BCUT2D eigenvalue weighted by molar-refractivity contribution is 5.86. The van der Waals surface area contributed by atoms with Gasteiger partial charge in [0.25, 0.3) is 0 Å². The molecule has 10 atom stereocenters. The number of carboxylic acid groups (broad SMARTS) is 2. The lowest BCUT2D eigenvalue weighted by Gasteiger charge is -2.39. The third-order valence-electron chi connectivity index (χ3n) is 11.1. The highest BCUT2D eigenvalue weighted by Crippen LogP contribution is 2.31. The summed E-state index contributed by atoms with van der Waals surface area (Å²) in [6.45, 7) is 2.90. The molecule has 2 aliphatic rings. The molecule has 454 valence electrons. The maximum absolute atomic E-state index is 13.3. The largest absolute Gasteiger partial charge is 0.479 e. The van der Waals surface area contributed by atoms with Crippen LogP contribution >= 0.6 is 0 Å². The van der Waals surface area contributed by atoms with E-state index in [1.165, 1.54) is 4.90 Å². The molecule has 80 heavy (non-hydrogen) atoms. The Morgan fingerprint density at radius 3 is 1.52 bits per heavy atom. The summed E-state index contributed by atoms with van der Waals surface area (Å²) < 4.78 is 60.2. The first-order valence-electron chi connectivity index (χ1n) is 25.1. The number of carbonyl (C=O) groups excluding carboxylic acids is 4. The van der Waals surface area contributed by atoms with E-state index in [4.69, 9.17) is 81.5 Å². The summed E-state index contributed by atoms with van der Waals surface area (Å²) in [6.07, 6.45) is -4.67. The molecule has 0 aromatic heterocycles. The number of nitrogens with zero attached hydrogens (tertiary/aromatic N) is 3. The lowest BCUT2D eigenvalue weighted by molar-refractivity contribution is -0.147. The van der Waals surface area contributed by atoms with Crippen LogP contribution in [0.15, 0.2) is 33.7 Å². The van der Waals surface area contributed by atoms with Crippen molar-refractivity contribution in [3.8, 4) is 12.3 Å². The molecule has 2 heterocycles. The number of hydrogen-bond acceptors (Lipinski definition) is 23. The fraction of sp³-hybridized carbons (Fsp3) is 0.702. The molecule has 0 radical (unpaired) electrons. The van der Waals surface area contributed by atoms with Crippen LogP contribution in [0.25, 0.3) is 0 Å². The Kier molecular flexibility index (Phi) is 34.2. The van der Waals surface area contributed by atoms with Crippen molar-refractivity contribution in [1.29, 1.82) is 0 Å². The Labute approximate surface area is 461 Å². The lowest BCUT2D eigenvalue weighted by Crippen LogP contribution is -2.61. The topological polar surface area (TPSA) is 493 Å². The SMILES string of the molecule is C#CCOCCOCCOCCOCCC(=O)N(CCOCCNC(=O)O[C@@H]([C@@H]1OC(C(=O)O)=C[C@H](N=C(N)N)[C@H]1NC(C)=O)[C@H](O)CO)CCOCCOCCNC(=O)O[C@@H]([C@@H]1OC(C(=O)O)=C[C@H](N=C(N)N)[C@H]1C)[C@H](O)CO. The molecule has 0 unspecified atom stereocenters. The molecule has 0 aromatic rings. The number of guanidine groups is 2. The first kappa shape index (κ1) is 69.3. The third kappa shape index (κ3) is 27.4. The van der Waals surface area contributed by atoms with Crippen LogP contribution in [0.5, 0.6) is 0 Å². The van der Waals surface area contributed by atoms with Crippen molar-refractivity contribution in [1.82, 2.24) is 20.9 Å². The Morgan fingerprint density at radius 2 is 1.06 bits per heavy atom. The lowest BCUT2D eigenvalue weighted by atomic mass is 9.87. The molecule has 0 fully saturated rings. The fourth-order valence-corrected chi connectivity index (χ4v) is 7.37. The van der Waals surface area contributed by atoms with E-state index < -0.39 is 121 Å². The Bertz CT molecular complexity index is 2070. The number of aliphatic carboxylic acids is 2. The number of ether oxygens (including phenoxy) is 11. The summed E-state index contributed by atoms with van der Waals surface area (Å²) in [5.74, 6) is -4.43. The molecule has 0 saturated heterocycles. The molecule has 0 aliphatic carbocycles. The Balaban J connectivity index is 1.92. The van der Waals surface area contributed by atoms with Gasteiger partial charge in [0.1, 0.15) is 24.9 Å². The maximum atomic E-state index is 13.3. The number of aliphatic hydroxyl groups is 4. The number of nitrogens with two attached hydrogens (primary N) is 4. The van der Waals surface area contributed by atoms with Crippen molar-refractivity contribution in [2.75, 3.05) is 132 Å². The molecule has 0 aromatic carbocycles. The van der Waals surface area contributed by atoms with Crippen LogP contribution in [0.4, 0.5) is 9.59 Å².